The van der Waals surface area contributed by atoms with E-state index in [1.165, 1.54) is 7.11 Å². The summed E-state index contributed by atoms with van der Waals surface area (Å²) in [5, 5.41) is 2.13. The van der Waals surface area contributed by atoms with Gasteiger partial charge in [-0.05, 0) is 30.9 Å². The molecule has 0 amide bonds. The van der Waals surface area contributed by atoms with Crippen LogP contribution < -0.4 is 11.3 Å². The molecule has 0 saturated heterocycles. The number of aryl methyl sites for hydroxylation is 1. The van der Waals surface area contributed by atoms with Gasteiger partial charge in [-0.25, -0.2) is 5.84 Å². The molecule has 4 N–H and O–H groups in total. The number of hydrogen-bond donors (Lipinski definition) is 3. The fourth-order valence-corrected chi connectivity index (χ4v) is 1.79. The molecule has 80 valence electrons. The predicted molar refractivity (Wildman–Crippen MR) is 58.7 cm³/mol. The third-order valence-electron chi connectivity index (χ3n) is 2.09. The maximum absolute atomic E-state index is 5.48. The van der Waals surface area contributed by atoms with Gasteiger partial charge in [-0.3, -0.25) is 10.3 Å². The quantitative estimate of drug-likeness (QED) is 0.403. The van der Waals surface area contributed by atoms with Gasteiger partial charge in [-0.2, -0.15) is 0 Å². The summed E-state index contributed by atoms with van der Waals surface area (Å²) in [6.45, 7) is 4.05. The van der Waals surface area contributed by atoms with Crippen LogP contribution in [-0.4, -0.2) is 23.6 Å². The average molecular weight is 216 g/mol. The summed E-state index contributed by atoms with van der Waals surface area (Å²) in [5.41, 5.74) is 6.16. The van der Waals surface area contributed by atoms with Crippen LogP contribution in [0.3, 0.4) is 0 Å². The summed E-state index contributed by atoms with van der Waals surface area (Å²) in [6, 6.07) is 0. The minimum Gasteiger partial charge on any atom is -0.352 e. The largest absolute Gasteiger partial charge is 0.352 e. The highest BCUT2D eigenvalue weighted by molar-refractivity contribution is 7.98. The molecule has 1 aromatic heterocycles. The fourth-order valence-electron chi connectivity index (χ4n) is 1.13. The number of nitrogens with zero attached hydrogens (tertiary/aromatic N) is 1. The molecule has 0 fully saturated rings. The van der Waals surface area contributed by atoms with Gasteiger partial charge < -0.3 is 4.98 Å². The molecule has 0 saturated carbocycles. The van der Waals surface area contributed by atoms with Crippen molar-refractivity contribution >= 4 is 17.4 Å². The van der Waals surface area contributed by atoms with Crippen LogP contribution in [0.1, 0.15) is 11.3 Å². The van der Waals surface area contributed by atoms with Crippen molar-refractivity contribution in [1.29, 1.82) is 0 Å². The van der Waals surface area contributed by atoms with E-state index in [1.54, 1.807) is 11.8 Å². The van der Waals surface area contributed by atoms with Crippen LogP contribution in [-0.2, 0) is 4.84 Å². The summed E-state index contributed by atoms with van der Waals surface area (Å²) in [4.78, 5) is 8.05. The Labute approximate surface area is 87.9 Å². The second kappa shape index (κ2) is 4.70. The van der Waals surface area contributed by atoms with Crippen LogP contribution in [0.15, 0.2) is 5.03 Å². The number of hydrogen-bond acceptors (Lipinski definition) is 5. The monoisotopic (exact) mass is 216 g/mol. The summed E-state index contributed by atoms with van der Waals surface area (Å²) in [7, 11) is 1.50. The van der Waals surface area contributed by atoms with E-state index in [9.17, 15) is 0 Å². The van der Waals surface area contributed by atoms with E-state index in [0.717, 1.165) is 27.3 Å². The molecule has 0 radical (unpaired) electrons. The van der Waals surface area contributed by atoms with Crippen LogP contribution >= 0.6 is 11.8 Å². The minimum atomic E-state index is 0.958. The Bertz CT molecular complexity index is 313. The van der Waals surface area contributed by atoms with E-state index < -0.39 is 0 Å². The van der Waals surface area contributed by atoms with Gasteiger partial charge in [0.2, 0.25) is 0 Å². The van der Waals surface area contributed by atoms with Gasteiger partial charge in [0.05, 0.1) is 17.8 Å². The molecule has 0 bridgehead atoms. The predicted octanol–water partition coefficient (Wildman–Crippen LogP) is 1.42. The Morgan fingerprint density at radius 2 is 2.14 bits per heavy atom. The van der Waals surface area contributed by atoms with Gasteiger partial charge in [0.15, 0.2) is 0 Å². The molecule has 0 aromatic carbocycles. The SMILES string of the molecule is CON(N)Nc1c(SC)[nH]c(C)c1C. The zero-order valence-electron chi connectivity index (χ0n) is 8.84. The first-order valence-electron chi connectivity index (χ1n) is 4.19. The lowest BCUT2D eigenvalue weighted by Crippen LogP contribution is -2.35. The highest BCUT2D eigenvalue weighted by Gasteiger charge is 2.12. The van der Waals surface area contributed by atoms with Crippen LogP contribution in [0.2, 0.25) is 0 Å². The Morgan fingerprint density at radius 3 is 2.64 bits per heavy atom. The fraction of sp³-hybridized carbons (Fsp3) is 0.500. The topological polar surface area (TPSA) is 66.3 Å². The zero-order chi connectivity index (χ0) is 10.7. The molecule has 0 aliphatic heterocycles. The number of nitrogens with two attached hydrogens (primary N) is 1. The third kappa shape index (κ3) is 2.21. The van der Waals surface area contributed by atoms with Crippen molar-refractivity contribution in [1.82, 2.24) is 10.3 Å². The lowest BCUT2D eigenvalue weighted by molar-refractivity contribution is -0.112. The molecule has 14 heavy (non-hydrogen) atoms. The Balaban J connectivity index is 2.93. The normalized spacial score (nSPS) is 11.0. The van der Waals surface area contributed by atoms with Crippen LogP contribution in [0.25, 0.3) is 0 Å². The van der Waals surface area contributed by atoms with Crippen molar-refractivity contribution in [2.75, 3.05) is 18.8 Å². The van der Waals surface area contributed by atoms with Crippen molar-refractivity contribution in [2.45, 2.75) is 18.9 Å². The molecule has 0 atom stereocenters. The summed E-state index contributed by atoms with van der Waals surface area (Å²) < 4.78 is 0. The van der Waals surface area contributed by atoms with Crippen LogP contribution in [0, 0.1) is 13.8 Å². The molecule has 0 unspecified atom stereocenters. The number of rotatable bonds is 4. The number of aromatic amines is 1. The Morgan fingerprint density at radius 1 is 1.50 bits per heavy atom. The zero-order valence-corrected chi connectivity index (χ0v) is 9.66. The molecule has 5 nitrogen and oxygen atoms in total. The smallest absolute Gasteiger partial charge is 0.0975 e. The molecular weight excluding hydrogens is 200 g/mol. The van der Waals surface area contributed by atoms with Gasteiger partial charge >= 0.3 is 0 Å². The van der Waals surface area contributed by atoms with Gasteiger partial charge in [0.25, 0.3) is 0 Å². The lowest BCUT2D eigenvalue weighted by atomic mass is 10.2. The molecule has 1 aromatic rings. The second-order valence-electron chi connectivity index (χ2n) is 2.90. The summed E-state index contributed by atoms with van der Waals surface area (Å²) in [6.07, 6.45) is 2.00. The highest BCUT2D eigenvalue weighted by Crippen LogP contribution is 2.30. The van der Waals surface area contributed by atoms with Gasteiger partial charge in [0, 0.05) is 5.69 Å². The molecular formula is C8H16N4OS. The third-order valence-corrected chi connectivity index (χ3v) is 2.80. The van der Waals surface area contributed by atoms with E-state index in [4.69, 9.17) is 10.7 Å². The van der Waals surface area contributed by atoms with Gasteiger partial charge in [-0.15, -0.1) is 11.8 Å². The molecule has 0 spiro atoms. The molecule has 0 aliphatic rings. The number of thioether (sulfide) groups is 1. The first-order chi connectivity index (χ1) is 6.60. The Kier molecular flexibility index (Phi) is 3.82. The van der Waals surface area contributed by atoms with Gasteiger partial charge in [0.1, 0.15) is 0 Å². The van der Waals surface area contributed by atoms with Crippen molar-refractivity contribution in [3.8, 4) is 0 Å². The van der Waals surface area contributed by atoms with Crippen molar-refractivity contribution in [2.24, 2.45) is 5.84 Å². The molecule has 1 heterocycles. The number of anilines is 1. The number of hydrazine groups is 2. The van der Waals surface area contributed by atoms with E-state index in [0.29, 0.717) is 0 Å². The van der Waals surface area contributed by atoms with Crippen LogP contribution in [0.4, 0.5) is 5.69 Å². The average Bonchev–Trinajstić information content (AvgIpc) is 2.45. The Hall–Kier alpha value is -0.690. The van der Waals surface area contributed by atoms with E-state index in [2.05, 4.69) is 10.4 Å². The summed E-state index contributed by atoms with van der Waals surface area (Å²) >= 11 is 1.63. The van der Waals surface area contributed by atoms with Crippen LogP contribution in [0.5, 0.6) is 0 Å². The highest BCUT2D eigenvalue weighted by atomic mass is 32.2. The number of H-pyrrole nitrogens is 1. The van der Waals surface area contributed by atoms with E-state index in [1.807, 2.05) is 20.1 Å². The number of nitrogens with one attached hydrogen (secondary N) is 2. The van der Waals surface area contributed by atoms with E-state index in [-0.39, 0.29) is 0 Å². The second-order valence-corrected chi connectivity index (χ2v) is 3.72. The standard InChI is InChI=1S/C8H16N4OS/c1-5-6(2)10-8(14-4)7(5)11-12(9)13-3/h10-11H,9H2,1-4H3. The number of aromatic nitrogens is 1. The molecule has 1 rings (SSSR count). The minimum absolute atomic E-state index is 0.958. The van der Waals surface area contributed by atoms with Gasteiger partial charge in [-0.1, -0.05) is 0 Å². The maximum atomic E-state index is 5.48. The van der Waals surface area contributed by atoms with Crippen molar-refractivity contribution < 1.29 is 4.84 Å². The lowest BCUT2D eigenvalue weighted by Gasteiger charge is -2.15. The molecule has 6 heteroatoms. The molecule has 0 aliphatic carbocycles. The van der Waals surface area contributed by atoms with Crippen molar-refractivity contribution in [3.63, 3.8) is 0 Å². The van der Waals surface area contributed by atoms with Crippen molar-refractivity contribution in [3.05, 3.63) is 11.3 Å². The first kappa shape index (κ1) is 11.4. The van der Waals surface area contributed by atoms with E-state index >= 15 is 0 Å². The maximum Gasteiger partial charge on any atom is 0.0975 e. The summed E-state index contributed by atoms with van der Waals surface area (Å²) in [5.74, 6) is 5.48. The first-order valence-corrected chi connectivity index (χ1v) is 5.41.